The van der Waals surface area contributed by atoms with E-state index in [-0.39, 0.29) is 23.0 Å². The molecule has 0 bridgehead atoms. The number of carbonyl (C=O) groups excluding carboxylic acids is 1. The molecule has 23 heavy (non-hydrogen) atoms. The predicted octanol–water partition coefficient (Wildman–Crippen LogP) is 0.732. The molecule has 0 aliphatic carbocycles. The number of carbonyl (C=O) groups is 1. The summed E-state index contributed by atoms with van der Waals surface area (Å²) in [4.78, 5) is 11.7. The molecule has 0 spiro atoms. The van der Waals surface area contributed by atoms with E-state index in [1.165, 1.54) is 18.2 Å². The fourth-order valence-electron chi connectivity index (χ4n) is 2.11. The lowest BCUT2D eigenvalue weighted by molar-refractivity contribution is -0.123. The topological polar surface area (TPSA) is 87.3 Å². The monoisotopic (exact) mass is 367 g/mol. The number of nitrogens with one attached hydrogen (secondary N) is 3. The van der Waals surface area contributed by atoms with E-state index in [1.54, 1.807) is 6.07 Å². The van der Waals surface area contributed by atoms with Crippen molar-refractivity contribution in [1.82, 2.24) is 15.4 Å². The molecule has 10 heteroatoms. The number of hydrogen-bond donors (Lipinski definition) is 3. The number of alkyl halides is 2. The van der Waals surface area contributed by atoms with Gasteiger partial charge < -0.3 is 5.32 Å². The number of halogens is 3. The summed E-state index contributed by atoms with van der Waals surface area (Å²) in [5.41, 5.74) is 0. The summed E-state index contributed by atoms with van der Waals surface area (Å²) in [6.45, 7) is -0.613. The van der Waals surface area contributed by atoms with Crippen molar-refractivity contribution >= 4 is 27.5 Å². The number of sulfonamides is 1. The van der Waals surface area contributed by atoms with Gasteiger partial charge in [-0.3, -0.25) is 10.1 Å². The maximum atomic E-state index is 13.0. The first kappa shape index (κ1) is 18.1. The molecule has 1 aromatic carbocycles. The fourth-order valence-corrected chi connectivity index (χ4v) is 3.44. The van der Waals surface area contributed by atoms with Crippen molar-refractivity contribution in [2.24, 2.45) is 0 Å². The SMILES string of the molecule is O=C(NCCNS(=O)(=O)c1cccc(Cl)c1)C1CC(F)(F)CN1. The first-order valence-electron chi connectivity index (χ1n) is 6.84. The summed E-state index contributed by atoms with van der Waals surface area (Å²) in [6.07, 6.45) is -0.562. The van der Waals surface area contributed by atoms with Gasteiger partial charge in [0.05, 0.1) is 17.5 Å². The predicted molar refractivity (Wildman–Crippen MR) is 81.0 cm³/mol. The van der Waals surface area contributed by atoms with Crippen molar-refractivity contribution in [3.05, 3.63) is 29.3 Å². The normalized spacial score (nSPS) is 20.4. The fraction of sp³-hybridized carbons (Fsp3) is 0.462. The van der Waals surface area contributed by atoms with Crippen LogP contribution in [0.15, 0.2) is 29.2 Å². The van der Waals surface area contributed by atoms with E-state index in [2.05, 4.69) is 15.4 Å². The zero-order chi connectivity index (χ0) is 17.1. The molecule has 1 aliphatic heterocycles. The largest absolute Gasteiger partial charge is 0.353 e. The number of benzene rings is 1. The summed E-state index contributed by atoms with van der Waals surface area (Å²) in [5, 5.41) is 5.12. The van der Waals surface area contributed by atoms with Gasteiger partial charge in [-0.25, -0.2) is 21.9 Å². The Morgan fingerprint density at radius 1 is 1.39 bits per heavy atom. The van der Waals surface area contributed by atoms with Crippen LogP contribution in [0.2, 0.25) is 5.02 Å². The van der Waals surface area contributed by atoms with Crippen molar-refractivity contribution in [1.29, 1.82) is 0 Å². The second-order valence-electron chi connectivity index (χ2n) is 5.14. The van der Waals surface area contributed by atoms with E-state index >= 15 is 0 Å². The second kappa shape index (κ2) is 7.08. The highest BCUT2D eigenvalue weighted by molar-refractivity contribution is 7.89. The average molecular weight is 368 g/mol. The van der Waals surface area contributed by atoms with Gasteiger partial charge in [0, 0.05) is 24.5 Å². The zero-order valence-electron chi connectivity index (χ0n) is 12.0. The minimum Gasteiger partial charge on any atom is -0.353 e. The smallest absolute Gasteiger partial charge is 0.262 e. The van der Waals surface area contributed by atoms with Crippen LogP contribution in [0.25, 0.3) is 0 Å². The van der Waals surface area contributed by atoms with Crippen LogP contribution in [-0.2, 0) is 14.8 Å². The molecule has 1 atom stereocenters. The molecule has 1 saturated heterocycles. The van der Waals surface area contributed by atoms with Crippen LogP contribution in [0.1, 0.15) is 6.42 Å². The Hall–Kier alpha value is -1.29. The Morgan fingerprint density at radius 3 is 2.74 bits per heavy atom. The molecule has 128 valence electrons. The molecule has 2 rings (SSSR count). The van der Waals surface area contributed by atoms with Gasteiger partial charge in [-0.2, -0.15) is 0 Å². The summed E-state index contributed by atoms with van der Waals surface area (Å²) in [5.74, 6) is -3.47. The zero-order valence-corrected chi connectivity index (χ0v) is 13.6. The van der Waals surface area contributed by atoms with Crippen molar-refractivity contribution in [3.8, 4) is 0 Å². The number of hydrogen-bond acceptors (Lipinski definition) is 4. The Labute approximate surface area is 137 Å². The molecule has 0 aromatic heterocycles. The van der Waals surface area contributed by atoms with Gasteiger partial charge in [0.25, 0.3) is 5.92 Å². The van der Waals surface area contributed by atoms with E-state index in [4.69, 9.17) is 11.6 Å². The van der Waals surface area contributed by atoms with Crippen LogP contribution >= 0.6 is 11.6 Å². The molecular weight excluding hydrogens is 352 g/mol. The van der Waals surface area contributed by atoms with Crippen molar-refractivity contribution in [2.45, 2.75) is 23.3 Å². The maximum Gasteiger partial charge on any atom is 0.262 e. The highest BCUT2D eigenvalue weighted by Gasteiger charge is 2.42. The lowest BCUT2D eigenvalue weighted by atomic mass is 10.2. The molecule has 1 unspecified atom stereocenters. The first-order valence-corrected chi connectivity index (χ1v) is 8.70. The standard InChI is InChI=1S/C13H16ClF2N3O3S/c14-9-2-1-3-10(6-9)23(21,22)19-5-4-17-12(20)11-7-13(15,16)8-18-11/h1-3,6,11,18-19H,4-5,7-8H2,(H,17,20). The molecule has 1 heterocycles. The highest BCUT2D eigenvalue weighted by Crippen LogP contribution is 2.24. The third kappa shape index (κ3) is 5.10. The van der Waals surface area contributed by atoms with Crippen LogP contribution in [0.4, 0.5) is 8.78 Å². The molecular formula is C13H16ClF2N3O3S. The highest BCUT2D eigenvalue weighted by atomic mass is 35.5. The molecule has 1 aliphatic rings. The van der Waals surface area contributed by atoms with Crippen molar-refractivity contribution in [3.63, 3.8) is 0 Å². The Balaban J connectivity index is 1.78. The van der Waals surface area contributed by atoms with E-state index in [0.29, 0.717) is 0 Å². The third-order valence-electron chi connectivity index (χ3n) is 3.25. The molecule has 0 saturated carbocycles. The van der Waals surface area contributed by atoms with Crippen LogP contribution in [0, 0.1) is 0 Å². The maximum absolute atomic E-state index is 13.0. The number of rotatable bonds is 6. The van der Waals surface area contributed by atoms with Gasteiger partial charge in [-0.15, -0.1) is 0 Å². The van der Waals surface area contributed by atoms with E-state index < -0.39 is 40.9 Å². The Bertz CT molecular complexity index is 685. The Morgan fingerprint density at radius 2 is 2.13 bits per heavy atom. The minimum absolute atomic E-state index is 0.00780. The van der Waals surface area contributed by atoms with Gasteiger partial charge in [-0.05, 0) is 18.2 Å². The minimum atomic E-state index is -3.74. The summed E-state index contributed by atoms with van der Waals surface area (Å²) in [7, 11) is -3.74. The van der Waals surface area contributed by atoms with Crippen LogP contribution in [-0.4, -0.2) is 45.9 Å². The van der Waals surface area contributed by atoms with Crippen LogP contribution in [0.3, 0.4) is 0 Å². The van der Waals surface area contributed by atoms with E-state index in [1.807, 2.05) is 0 Å². The molecule has 6 nitrogen and oxygen atoms in total. The van der Waals surface area contributed by atoms with E-state index in [9.17, 15) is 22.0 Å². The van der Waals surface area contributed by atoms with Gasteiger partial charge in [0.2, 0.25) is 15.9 Å². The van der Waals surface area contributed by atoms with Crippen molar-refractivity contribution < 1.29 is 22.0 Å². The summed E-state index contributed by atoms with van der Waals surface area (Å²) in [6, 6.07) is 4.77. The summed E-state index contributed by atoms with van der Waals surface area (Å²) >= 11 is 5.73. The van der Waals surface area contributed by atoms with Crippen LogP contribution < -0.4 is 15.4 Å². The molecule has 1 amide bonds. The molecule has 3 N–H and O–H groups in total. The van der Waals surface area contributed by atoms with E-state index in [0.717, 1.165) is 0 Å². The van der Waals surface area contributed by atoms with Gasteiger partial charge in [-0.1, -0.05) is 17.7 Å². The summed E-state index contributed by atoms with van der Waals surface area (Å²) < 4.78 is 52.2. The molecule has 0 radical (unpaired) electrons. The number of amides is 1. The van der Waals surface area contributed by atoms with Crippen LogP contribution in [0.5, 0.6) is 0 Å². The van der Waals surface area contributed by atoms with Gasteiger partial charge >= 0.3 is 0 Å². The molecule has 1 aromatic rings. The third-order valence-corrected chi connectivity index (χ3v) is 4.94. The Kier molecular flexibility index (Phi) is 5.56. The van der Waals surface area contributed by atoms with Gasteiger partial charge in [0.1, 0.15) is 0 Å². The second-order valence-corrected chi connectivity index (χ2v) is 7.34. The molecule has 1 fully saturated rings. The van der Waals surface area contributed by atoms with Gasteiger partial charge in [0.15, 0.2) is 0 Å². The first-order chi connectivity index (χ1) is 10.7. The average Bonchev–Trinajstić information content (AvgIpc) is 2.84. The quantitative estimate of drug-likeness (QED) is 0.647. The lowest BCUT2D eigenvalue weighted by Crippen LogP contribution is -2.43. The van der Waals surface area contributed by atoms with Crippen molar-refractivity contribution in [2.75, 3.05) is 19.6 Å². The lowest BCUT2D eigenvalue weighted by Gasteiger charge is -2.12.